The second-order valence-electron chi connectivity index (χ2n) is 8.33. The Morgan fingerprint density at radius 2 is 1.80 bits per heavy atom. The van der Waals surface area contributed by atoms with Crippen molar-refractivity contribution in [1.29, 1.82) is 5.26 Å². The van der Waals surface area contributed by atoms with Crippen LogP contribution in [0.5, 0.6) is 0 Å². The number of fused-ring (bicyclic) bond motifs is 1. The van der Waals surface area contributed by atoms with Crippen molar-refractivity contribution in [3.63, 3.8) is 0 Å². The minimum absolute atomic E-state index is 0.645. The number of hydrogen-bond donors (Lipinski definition) is 1. The topological polar surface area (TPSA) is 64.8 Å². The van der Waals surface area contributed by atoms with Gasteiger partial charge in [0.1, 0.15) is 0 Å². The number of rotatable bonds is 3. The van der Waals surface area contributed by atoms with Gasteiger partial charge < -0.3 is 10.2 Å². The van der Waals surface area contributed by atoms with E-state index in [0.29, 0.717) is 17.5 Å². The van der Waals surface area contributed by atoms with Gasteiger partial charge in [0.15, 0.2) is 0 Å². The van der Waals surface area contributed by atoms with Crippen LogP contribution < -0.4 is 10.2 Å². The highest BCUT2D eigenvalue weighted by Crippen LogP contribution is 2.33. The summed E-state index contributed by atoms with van der Waals surface area (Å²) in [6.07, 6.45) is 4.32. The zero-order chi connectivity index (χ0) is 20.5. The summed E-state index contributed by atoms with van der Waals surface area (Å²) < 4.78 is 0. The van der Waals surface area contributed by atoms with Crippen LogP contribution in [0, 0.1) is 24.2 Å². The fraction of sp³-hybridized carbons (Fsp3) is 0.320. The van der Waals surface area contributed by atoms with Crippen molar-refractivity contribution in [1.82, 2.24) is 15.3 Å². The van der Waals surface area contributed by atoms with Crippen LogP contribution in [0.3, 0.4) is 0 Å². The van der Waals surface area contributed by atoms with Gasteiger partial charge in [-0.1, -0.05) is 42.0 Å². The number of piperidine rings is 1. The zero-order valence-corrected chi connectivity index (χ0v) is 17.2. The normalized spacial score (nSPS) is 20.6. The first kappa shape index (κ1) is 18.8. The Bertz CT molecular complexity index is 1080. The summed E-state index contributed by atoms with van der Waals surface area (Å²) in [5, 5.41) is 12.8. The van der Waals surface area contributed by atoms with E-state index in [9.17, 15) is 0 Å². The Morgan fingerprint density at radius 1 is 1.03 bits per heavy atom. The number of nitriles is 1. The molecule has 2 fully saturated rings. The van der Waals surface area contributed by atoms with Gasteiger partial charge in [-0.25, -0.2) is 9.97 Å². The number of hydrogen-bond acceptors (Lipinski definition) is 5. The number of anilines is 1. The number of aryl methyl sites for hydroxylation is 1. The van der Waals surface area contributed by atoms with Gasteiger partial charge in [0.05, 0.1) is 17.3 Å². The molecule has 0 radical (unpaired) electrons. The first-order valence-electron chi connectivity index (χ1n) is 10.6. The molecule has 2 aliphatic rings. The molecule has 0 saturated carbocycles. The van der Waals surface area contributed by atoms with Crippen molar-refractivity contribution in [2.45, 2.75) is 25.8 Å². The summed E-state index contributed by atoms with van der Waals surface area (Å²) in [4.78, 5) is 12.2. The largest absolute Gasteiger partial charge is 0.340 e. The molecule has 2 aliphatic heterocycles. The molecular weight excluding hydrogens is 370 g/mol. The fourth-order valence-electron chi connectivity index (χ4n) is 4.62. The van der Waals surface area contributed by atoms with E-state index < -0.39 is 0 Å². The lowest BCUT2D eigenvalue weighted by Gasteiger charge is -2.35. The molecule has 0 bridgehead atoms. The molecule has 3 heterocycles. The lowest BCUT2D eigenvalue weighted by molar-refractivity contribution is 0.373. The van der Waals surface area contributed by atoms with Crippen molar-refractivity contribution in [2.24, 2.45) is 5.92 Å². The molecule has 5 nitrogen and oxygen atoms in total. The van der Waals surface area contributed by atoms with Gasteiger partial charge in [0.25, 0.3) is 0 Å². The van der Waals surface area contributed by atoms with E-state index in [1.807, 2.05) is 30.5 Å². The molecule has 2 aromatic carbocycles. The van der Waals surface area contributed by atoms with Crippen LogP contribution in [-0.2, 0) is 0 Å². The van der Waals surface area contributed by atoms with Crippen LogP contribution in [-0.4, -0.2) is 35.6 Å². The molecule has 2 saturated heterocycles. The van der Waals surface area contributed by atoms with Crippen LogP contribution in [0.25, 0.3) is 22.4 Å². The van der Waals surface area contributed by atoms with E-state index in [2.05, 4.69) is 47.5 Å². The summed E-state index contributed by atoms with van der Waals surface area (Å²) in [5.74, 6) is 1.48. The third-order valence-corrected chi connectivity index (χ3v) is 6.36. The predicted octanol–water partition coefficient (Wildman–Crippen LogP) is 4.18. The zero-order valence-electron chi connectivity index (χ0n) is 17.2. The van der Waals surface area contributed by atoms with Gasteiger partial charge in [0, 0.05) is 36.5 Å². The SMILES string of the molecule is Cc1ccc(-c2cnc(N3CCC4NCCC4C3)nc2-c2ccc(C#N)cc2)cc1. The van der Waals surface area contributed by atoms with E-state index in [0.717, 1.165) is 54.4 Å². The monoisotopic (exact) mass is 395 g/mol. The van der Waals surface area contributed by atoms with Crippen LogP contribution in [0.4, 0.5) is 5.95 Å². The summed E-state index contributed by atoms with van der Waals surface area (Å²) in [6.45, 7) is 5.19. The molecule has 150 valence electrons. The Labute approximate surface area is 177 Å². The van der Waals surface area contributed by atoms with Gasteiger partial charge in [-0.2, -0.15) is 5.26 Å². The van der Waals surface area contributed by atoms with E-state index in [-0.39, 0.29) is 0 Å². The Kier molecular flexibility index (Phi) is 4.94. The van der Waals surface area contributed by atoms with Crippen molar-refractivity contribution in [3.8, 4) is 28.5 Å². The third kappa shape index (κ3) is 3.55. The molecule has 0 spiro atoms. The first-order valence-corrected chi connectivity index (χ1v) is 10.6. The van der Waals surface area contributed by atoms with Crippen molar-refractivity contribution >= 4 is 5.95 Å². The number of nitrogens with zero attached hydrogens (tertiary/aromatic N) is 4. The summed E-state index contributed by atoms with van der Waals surface area (Å²) >= 11 is 0. The molecule has 1 aromatic heterocycles. The van der Waals surface area contributed by atoms with Gasteiger partial charge >= 0.3 is 0 Å². The quantitative estimate of drug-likeness (QED) is 0.721. The molecule has 2 atom stereocenters. The maximum absolute atomic E-state index is 9.16. The molecule has 5 rings (SSSR count). The van der Waals surface area contributed by atoms with Crippen molar-refractivity contribution in [3.05, 3.63) is 65.9 Å². The Hall–Kier alpha value is -3.23. The van der Waals surface area contributed by atoms with E-state index in [1.165, 1.54) is 12.0 Å². The average Bonchev–Trinajstić information content (AvgIpc) is 3.27. The second-order valence-corrected chi connectivity index (χ2v) is 8.33. The molecule has 30 heavy (non-hydrogen) atoms. The van der Waals surface area contributed by atoms with Crippen LogP contribution in [0.1, 0.15) is 24.0 Å². The van der Waals surface area contributed by atoms with Crippen LogP contribution >= 0.6 is 0 Å². The molecule has 1 N–H and O–H groups in total. The minimum atomic E-state index is 0.645. The van der Waals surface area contributed by atoms with Crippen molar-refractivity contribution in [2.75, 3.05) is 24.5 Å². The Balaban J connectivity index is 1.55. The second kappa shape index (κ2) is 7.89. The summed E-state index contributed by atoms with van der Waals surface area (Å²) in [7, 11) is 0. The summed E-state index contributed by atoms with van der Waals surface area (Å²) in [6, 6.07) is 19.0. The maximum atomic E-state index is 9.16. The van der Waals surface area contributed by atoms with Crippen LogP contribution in [0.15, 0.2) is 54.7 Å². The molecule has 5 heteroatoms. The van der Waals surface area contributed by atoms with Gasteiger partial charge in [-0.05, 0) is 49.9 Å². The van der Waals surface area contributed by atoms with Gasteiger partial charge in [-0.15, -0.1) is 0 Å². The number of aromatic nitrogens is 2. The fourth-order valence-corrected chi connectivity index (χ4v) is 4.62. The number of nitrogens with one attached hydrogen (secondary N) is 1. The molecule has 0 amide bonds. The van der Waals surface area contributed by atoms with Crippen molar-refractivity contribution < 1.29 is 0 Å². The van der Waals surface area contributed by atoms with E-state index in [4.69, 9.17) is 15.2 Å². The molecular formula is C25H25N5. The first-order chi connectivity index (χ1) is 14.7. The average molecular weight is 396 g/mol. The maximum Gasteiger partial charge on any atom is 0.225 e. The molecule has 3 aromatic rings. The van der Waals surface area contributed by atoms with E-state index in [1.54, 1.807) is 0 Å². The minimum Gasteiger partial charge on any atom is -0.340 e. The standard InChI is InChI=1S/C25H25N5/c1-17-2-6-19(7-3-17)22-15-28-25(30-13-11-23-21(16-30)10-12-27-23)29-24(22)20-8-4-18(14-26)5-9-20/h2-9,15,21,23,27H,10-13,16H2,1H3. The van der Waals surface area contributed by atoms with Gasteiger partial charge in [0.2, 0.25) is 5.95 Å². The highest BCUT2D eigenvalue weighted by molar-refractivity contribution is 5.81. The highest BCUT2D eigenvalue weighted by atomic mass is 15.3. The predicted molar refractivity (Wildman–Crippen MR) is 119 cm³/mol. The lowest BCUT2D eigenvalue weighted by Crippen LogP contribution is -2.45. The smallest absolute Gasteiger partial charge is 0.225 e. The third-order valence-electron chi connectivity index (χ3n) is 6.36. The lowest BCUT2D eigenvalue weighted by atomic mass is 9.93. The Morgan fingerprint density at radius 3 is 2.57 bits per heavy atom. The highest BCUT2D eigenvalue weighted by Gasteiger charge is 2.33. The summed E-state index contributed by atoms with van der Waals surface area (Å²) in [5.41, 5.74) is 5.92. The van der Waals surface area contributed by atoms with Crippen LogP contribution in [0.2, 0.25) is 0 Å². The molecule has 0 aliphatic carbocycles. The van der Waals surface area contributed by atoms with Gasteiger partial charge in [-0.3, -0.25) is 0 Å². The number of benzene rings is 2. The van der Waals surface area contributed by atoms with E-state index >= 15 is 0 Å². The molecule has 2 unspecified atom stereocenters.